The van der Waals surface area contributed by atoms with Crippen LogP contribution in [0.5, 0.6) is 0 Å². The Kier molecular flexibility index (Phi) is 4.55. The second-order valence-electron chi connectivity index (χ2n) is 5.23. The maximum absolute atomic E-state index is 11.8. The number of aliphatic hydroxyl groups is 1. The summed E-state index contributed by atoms with van der Waals surface area (Å²) in [5, 5.41) is 20.5. The van der Waals surface area contributed by atoms with Gasteiger partial charge in [0.1, 0.15) is 6.54 Å². The van der Waals surface area contributed by atoms with Crippen LogP contribution in [-0.4, -0.2) is 46.0 Å². The van der Waals surface area contributed by atoms with Crippen molar-refractivity contribution < 1.29 is 9.90 Å². The highest BCUT2D eigenvalue weighted by atomic mass is 16.3. The van der Waals surface area contributed by atoms with Crippen molar-refractivity contribution in [3.63, 3.8) is 0 Å². The molecule has 2 rings (SSSR count). The lowest BCUT2D eigenvalue weighted by Crippen LogP contribution is -2.44. The van der Waals surface area contributed by atoms with E-state index in [9.17, 15) is 9.90 Å². The lowest BCUT2D eigenvalue weighted by molar-refractivity contribution is -0.123. The number of carbonyl (C=O) groups excluding carboxylic acids is 1. The first-order valence-corrected chi connectivity index (χ1v) is 6.77. The fraction of sp³-hybridized carbons (Fsp3) is 0.692. The molecule has 2 heterocycles. The first kappa shape index (κ1) is 14.0. The molecule has 106 valence electrons. The summed E-state index contributed by atoms with van der Waals surface area (Å²) in [5.41, 5.74) is 0.172. The van der Waals surface area contributed by atoms with Crippen molar-refractivity contribution in [3.05, 3.63) is 18.0 Å². The first-order valence-electron chi connectivity index (χ1n) is 6.77. The van der Waals surface area contributed by atoms with Crippen molar-refractivity contribution in [1.29, 1.82) is 0 Å². The van der Waals surface area contributed by atoms with Crippen LogP contribution in [0, 0.1) is 6.92 Å². The van der Waals surface area contributed by atoms with E-state index >= 15 is 0 Å². The number of aromatic nitrogens is 2. The molecule has 0 saturated carbocycles. The number of nitrogens with one attached hydrogen (secondary N) is 2. The van der Waals surface area contributed by atoms with Crippen molar-refractivity contribution in [2.75, 3.05) is 19.6 Å². The highest BCUT2D eigenvalue weighted by Gasteiger charge is 2.28. The summed E-state index contributed by atoms with van der Waals surface area (Å²) in [6, 6.07) is 1.86. The van der Waals surface area contributed by atoms with E-state index in [1.54, 1.807) is 10.9 Å². The van der Waals surface area contributed by atoms with Gasteiger partial charge in [-0.15, -0.1) is 0 Å². The molecule has 1 aliphatic rings. The van der Waals surface area contributed by atoms with Crippen LogP contribution >= 0.6 is 0 Å². The number of carbonyl (C=O) groups is 1. The number of nitrogens with zero attached hydrogens (tertiary/aromatic N) is 2. The van der Waals surface area contributed by atoms with Gasteiger partial charge >= 0.3 is 0 Å². The van der Waals surface area contributed by atoms with Crippen LogP contribution in [0.25, 0.3) is 0 Å². The molecule has 1 fully saturated rings. The zero-order valence-corrected chi connectivity index (χ0v) is 11.4. The molecule has 0 bridgehead atoms. The van der Waals surface area contributed by atoms with Gasteiger partial charge in [-0.2, -0.15) is 5.10 Å². The van der Waals surface area contributed by atoms with Gasteiger partial charge in [0, 0.05) is 18.4 Å². The molecule has 0 spiro atoms. The van der Waals surface area contributed by atoms with Gasteiger partial charge in [-0.25, -0.2) is 0 Å². The lowest BCUT2D eigenvalue weighted by Gasteiger charge is -2.26. The molecule has 0 aliphatic carbocycles. The smallest absolute Gasteiger partial charge is 0.241 e. The van der Waals surface area contributed by atoms with Crippen LogP contribution < -0.4 is 10.6 Å². The van der Waals surface area contributed by atoms with Crippen LogP contribution in [-0.2, 0) is 11.3 Å². The largest absolute Gasteiger partial charge is 0.388 e. The maximum atomic E-state index is 11.8. The summed E-state index contributed by atoms with van der Waals surface area (Å²) in [6.07, 6.45) is 4.01. The fourth-order valence-corrected chi connectivity index (χ4v) is 2.31. The van der Waals surface area contributed by atoms with Gasteiger partial charge in [0.05, 0.1) is 5.60 Å². The van der Waals surface area contributed by atoms with E-state index in [0.717, 1.165) is 31.6 Å². The third-order valence-electron chi connectivity index (χ3n) is 3.60. The van der Waals surface area contributed by atoms with E-state index in [0.29, 0.717) is 13.0 Å². The molecule has 1 aliphatic heterocycles. The molecule has 1 saturated heterocycles. The van der Waals surface area contributed by atoms with Crippen molar-refractivity contribution in [3.8, 4) is 0 Å². The second kappa shape index (κ2) is 6.16. The number of rotatable bonds is 4. The van der Waals surface area contributed by atoms with Crippen LogP contribution in [0.2, 0.25) is 0 Å². The molecular formula is C13H22N4O2. The molecule has 1 aromatic heterocycles. The average molecular weight is 266 g/mol. The minimum Gasteiger partial charge on any atom is -0.388 e. The predicted octanol–water partition coefficient (Wildman–Crippen LogP) is -0.188. The summed E-state index contributed by atoms with van der Waals surface area (Å²) >= 11 is 0. The Morgan fingerprint density at radius 1 is 1.58 bits per heavy atom. The molecular weight excluding hydrogens is 244 g/mol. The molecule has 1 aromatic rings. The van der Waals surface area contributed by atoms with Gasteiger partial charge < -0.3 is 15.7 Å². The topological polar surface area (TPSA) is 79.2 Å². The van der Waals surface area contributed by atoms with E-state index in [-0.39, 0.29) is 12.5 Å². The van der Waals surface area contributed by atoms with Gasteiger partial charge in [-0.1, -0.05) is 0 Å². The average Bonchev–Trinajstić information content (AvgIpc) is 2.64. The van der Waals surface area contributed by atoms with Gasteiger partial charge in [0.15, 0.2) is 0 Å². The minimum atomic E-state index is -0.779. The van der Waals surface area contributed by atoms with Gasteiger partial charge in [0.25, 0.3) is 0 Å². The molecule has 6 nitrogen and oxygen atoms in total. The summed E-state index contributed by atoms with van der Waals surface area (Å²) in [7, 11) is 0. The Bertz CT molecular complexity index is 422. The molecule has 1 unspecified atom stereocenters. The Labute approximate surface area is 113 Å². The Morgan fingerprint density at radius 2 is 2.42 bits per heavy atom. The summed E-state index contributed by atoms with van der Waals surface area (Å²) in [4.78, 5) is 11.8. The normalized spacial score (nSPS) is 23.9. The Morgan fingerprint density at radius 3 is 3.16 bits per heavy atom. The van der Waals surface area contributed by atoms with E-state index < -0.39 is 5.60 Å². The van der Waals surface area contributed by atoms with Gasteiger partial charge in [-0.3, -0.25) is 9.48 Å². The van der Waals surface area contributed by atoms with Crippen LogP contribution in [0.4, 0.5) is 0 Å². The van der Waals surface area contributed by atoms with Gasteiger partial charge in [-0.05, 0) is 45.3 Å². The van der Waals surface area contributed by atoms with Crippen LogP contribution in [0.1, 0.15) is 25.0 Å². The van der Waals surface area contributed by atoms with E-state index in [2.05, 4.69) is 15.7 Å². The number of hydrogen-bond donors (Lipinski definition) is 3. The third kappa shape index (κ3) is 4.04. The Balaban J connectivity index is 1.81. The predicted molar refractivity (Wildman–Crippen MR) is 71.6 cm³/mol. The van der Waals surface area contributed by atoms with Crippen molar-refractivity contribution in [2.45, 2.75) is 38.3 Å². The standard InChI is InChI=1S/C13H22N4O2/c1-11-3-7-16-17(11)9-12(18)15-10-13(19)4-2-6-14-8-5-13/h3,7,14,19H,2,4-6,8-10H2,1H3,(H,15,18). The van der Waals surface area contributed by atoms with E-state index in [4.69, 9.17) is 0 Å². The minimum absolute atomic E-state index is 0.113. The number of hydrogen-bond acceptors (Lipinski definition) is 4. The van der Waals surface area contributed by atoms with Gasteiger partial charge in [0.2, 0.25) is 5.91 Å². The molecule has 3 N–H and O–H groups in total. The summed E-state index contributed by atoms with van der Waals surface area (Å²) in [5.74, 6) is -0.113. The monoisotopic (exact) mass is 266 g/mol. The second-order valence-corrected chi connectivity index (χ2v) is 5.23. The first-order chi connectivity index (χ1) is 9.09. The highest BCUT2D eigenvalue weighted by molar-refractivity contribution is 5.75. The maximum Gasteiger partial charge on any atom is 0.241 e. The Hall–Kier alpha value is -1.40. The fourth-order valence-electron chi connectivity index (χ4n) is 2.31. The van der Waals surface area contributed by atoms with E-state index in [1.165, 1.54) is 0 Å². The summed E-state index contributed by atoms with van der Waals surface area (Å²) < 4.78 is 1.65. The molecule has 6 heteroatoms. The third-order valence-corrected chi connectivity index (χ3v) is 3.60. The molecule has 0 radical (unpaired) electrons. The quantitative estimate of drug-likeness (QED) is 0.706. The SMILES string of the molecule is Cc1ccnn1CC(=O)NCC1(O)CCCNCC1. The number of amides is 1. The highest BCUT2D eigenvalue weighted by Crippen LogP contribution is 2.18. The molecule has 1 atom stereocenters. The number of aryl methyl sites for hydroxylation is 1. The lowest BCUT2D eigenvalue weighted by atomic mass is 9.95. The zero-order chi connectivity index (χ0) is 13.7. The van der Waals surface area contributed by atoms with Crippen molar-refractivity contribution in [1.82, 2.24) is 20.4 Å². The van der Waals surface area contributed by atoms with Crippen LogP contribution in [0.3, 0.4) is 0 Å². The molecule has 0 aromatic carbocycles. The molecule has 1 amide bonds. The summed E-state index contributed by atoms with van der Waals surface area (Å²) in [6.45, 7) is 4.15. The molecule has 19 heavy (non-hydrogen) atoms. The zero-order valence-electron chi connectivity index (χ0n) is 11.4. The van der Waals surface area contributed by atoms with Crippen molar-refractivity contribution in [2.24, 2.45) is 0 Å². The van der Waals surface area contributed by atoms with E-state index in [1.807, 2.05) is 13.0 Å². The van der Waals surface area contributed by atoms with Crippen molar-refractivity contribution >= 4 is 5.91 Å². The van der Waals surface area contributed by atoms with Crippen LogP contribution in [0.15, 0.2) is 12.3 Å².